The van der Waals surface area contributed by atoms with E-state index in [9.17, 15) is 45.5 Å². The minimum Gasteiger partial charge on any atom is -0.497 e. The lowest BCUT2D eigenvalue weighted by Gasteiger charge is -2.27. The van der Waals surface area contributed by atoms with Crippen LogP contribution in [0.2, 0.25) is 0 Å². The fourth-order valence-corrected chi connectivity index (χ4v) is 9.26. The third-order valence-electron chi connectivity index (χ3n) is 14.4. The lowest BCUT2D eigenvalue weighted by atomic mass is 9.95. The average molecular weight is 1310 g/mol. The first-order chi connectivity index (χ1) is 44.8. The number of hydrogen-bond acceptors (Lipinski definition) is 12. The zero-order chi connectivity index (χ0) is 69.6. The fourth-order valence-electron chi connectivity index (χ4n) is 9.26. The molecule has 94 heavy (non-hydrogen) atoms. The molecule has 0 unspecified atom stereocenters. The van der Waals surface area contributed by atoms with Crippen LogP contribution in [0, 0.1) is 0 Å². The number of carbonyl (C=O) groups excluding carboxylic acids is 4. The molecule has 0 aromatic heterocycles. The lowest BCUT2D eigenvalue weighted by molar-refractivity contribution is -0.274. The van der Waals surface area contributed by atoms with Gasteiger partial charge in [-0.2, -0.15) is 13.2 Å². The quantitative estimate of drug-likeness (QED) is 0.0407. The van der Waals surface area contributed by atoms with Crippen molar-refractivity contribution in [1.29, 1.82) is 0 Å². The van der Waals surface area contributed by atoms with Crippen LogP contribution in [-0.4, -0.2) is 63.8 Å². The Kier molecular flexibility index (Phi) is 36.2. The number of rotatable bonds is 20. The smallest absolute Gasteiger partial charge is 0.497 e. The number of hydrogen-bond donors (Lipinski definition) is 0. The molecule has 0 aliphatic heterocycles. The van der Waals surface area contributed by atoms with Crippen molar-refractivity contribution < 1.29 is 83.4 Å². The van der Waals surface area contributed by atoms with E-state index in [1.807, 2.05) is 24.3 Å². The van der Waals surface area contributed by atoms with E-state index >= 15 is 0 Å². The predicted molar refractivity (Wildman–Crippen MR) is 354 cm³/mol. The monoisotopic (exact) mass is 1310 g/mol. The topological polar surface area (TPSA) is 142 Å². The first-order valence-electron chi connectivity index (χ1n) is 31.5. The van der Waals surface area contributed by atoms with Crippen molar-refractivity contribution in [2.75, 3.05) is 21.3 Å². The second kappa shape index (κ2) is 42.7. The van der Waals surface area contributed by atoms with Gasteiger partial charge in [0.1, 0.15) is 36.9 Å². The second-order valence-corrected chi connectivity index (χ2v) is 21.8. The van der Waals surface area contributed by atoms with E-state index in [0.717, 1.165) is 97.4 Å². The molecule has 1 aliphatic carbocycles. The van der Waals surface area contributed by atoms with Gasteiger partial charge in [-0.3, -0.25) is 14.4 Å². The molecular formula is C76H92F6O12. The maximum atomic E-state index is 12.5. The molecule has 12 nitrogen and oxygen atoms in total. The first-order valence-corrected chi connectivity index (χ1v) is 31.5. The third kappa shape index (κ3) is 32.4. The van der Waals surface area contributed by atoms with Crippen LogP contribution < -0.4 is 9.47 Å². The molecule has 0 radical (unpaired) electrons. The first kappa shape index (κ1) is 79.8. The summed E-state index contributed by atoms with van der Waals surface area (Å²) in [7, 11) is 5.02. The second-order valence-electron chi connectivity index (χ2n) is 21.8. The van der Waals surface area contributed by atoms with Crippen molar-refractivity contribution in [2.45, 2.75) is 178 Å². The zero-order valence-electron chi connectivity index (χ0n) is 56.2. The van der Waals surface area contributed by atoms with Gasteiger partial charge >= 0.3 is 36.4 Å². The molecule has 0 N–H and O–H groups in total. The fraction of sp³-hybridized carbons (Fsp3) is 0.395. The normalized spacial score (nSPS) is 13.1. The Morgan fingerprint density at radius 2 is 0.713 bits per heavy atom. The van der Waals surface area contributed by atoms with E-state index < -0.39 is 24.1 Å². The molecule has 8 rings (SSSR count). The largest absolute Gasteiger partial charge is 0.573 e. The molecule has 0 amide bonds. The van der Waals surface area contributed by atoms with Crippen LogP contribution in [-0.2, 0) is 114 Å². The molecule has 0 saturated heterocycles. The molecule has 7 aromatic carbocycles. The van der Waals surface area contributed by atoms with Gasteiger partial charge in [-0.25, -0.2) is 4.79 Å². The SMILES string of the molecule is CC(=O)OC1CCC(OC(=O)c2ccc(C(F)(F)F)cc2)CC1.CCc1cc(CC)cc(COC(C)=O)c1.CCc1cc(CC)cc(COC)c1.CCc1ccc(COC(C)=O)cc1.CCc1ccc(COC)cc1.COc1ccc(-c2ccc(OC(F)(F)F)cc2)cc1. The third-order valence-corrected chi connectivity index (χ3v) is 14.4. The zero-order valence-corrected chi connectivity index (χ0v) is 56.2. The summed E-state index contributed by atoms with van der Waals surface area (Å²) in [6.07, 6.45) is -0.869. The molecule has 7 aromatic rings. The molecule has 510 valence electrons. The highest BCUT2D eigenvalue weighted by molar-refractivity contribution is 5.89. The van der Waals surface area contributed by atoms with Crippen molar-refractivity contribution in [3.05, 3.63) is 224 Å². The summed E-state index contributed by atoms with van der Waals surface area (Å²) in [6.45, 7) is 19.3. The van der Waals surface area contributed by atoms with Gasteiger partial charge in [0.2, 0.25) is 0 Å². The Morgan fingerprint density at radius 1 is 0.383 bits per heavy atom. The van der Waals surface area contributed by atoms with Crippen molar-refractivity contribution >= 4 is 23.9 Å². The average Bonchev–Trinajstić information content (AvgIpc) is 0.958. The number of aryl methyl sites for hydroxylation is 6. The van der Waals surface area contributed by atoms with Crippen LogP contribution in [0.3, 0.4) is 0 Å². The van der Waals surface area contributed by atoms with Gasteiger partial charge in [0.25, 0.3) is 0 Å². The van der Waals surface area contributed by atoms with Gasteiger partial charge in [-0.1, -0.05) is 151 Å². The summed E-state index contributed by atoms with van der Waals surface area (Å²) < 4.78 is 113. The summed E-state index contributed by atoms with van der Waals surface area (Å²) in [5.41, 5.74) is 13.7. The van der Waals surface area contributed by atoms with Crippen molar-refractivity contribution in [1.82, 2.24) is 0 Å². The van der Waals surface area contributed by atoms with Crippen molar-refractivity contribution in [3.8, 4) is 22.6 Å². The Bertz CT molecular complexity index is 3260. The van der Waals surface area contributed by atoms with Crippen LogP contribution in [0.1, 0.15) is 160 Å². The molecule has 0 atom stereocenters. The van der Waals surface area contributed by atoms with E-state index in [1.54, 1.807) is 45.6 Å². The van der Waals surface area contributed by atoms with Crippen molar-refractivity contribution in [2.24, 2.45) is 0 Å². The number of halogens is 6. The number of benzene rings is 7. The minimum atomic E-state index is -4.67. The highest BCUT2D eigenvalue weighted by atomic mass is 19.4. The minimum absolute atomic E-state index is 0.0834. The summed E-state index contributed by atoms with van der Waals surface area (Å²) in [5.74, 6) is -0.954. The number of esters is 4. The summed E-state index contributed by atoms with van der Waals surface area (Å²) in [6, 6.07) is 46.6. The molecule has 0 heterocycles. The van der Waals surface area contributed by atoms with Crippen LogP contribution >= 0.6 is 0 Å². The lowest BCUT2D eigenvalue weighted by Crippen LogP contribution is -2.29. The van der Waals surface area contributed by atoms with E-state index in [0.29, 0.717) is 45.5 Å². The highest BCUT2D eigenvalue weighted by Crippen LogP contribution is 2.31. The van der Waals surface area contributed by atoms with Gasteiger partial charge in [0.05, 0.1) is 31.5 Å². The van der Waals surface area contributed by atoms with E-state index in [4.69, 9.17) is 33.2 Å². The molecule has 1 fully saturated rings. The van der Waals surface area contributed by atoms with Crippen LogP contribution in [0.15, 0.2) is 158 Å². The van der Waals surface area contributed by atoms with Crippen LogP contribution in [0.4, 0.5) is 26.3 Å². The maximum Gasteiger partial charge on any atom is 0.573 e. The van der Waals surface area contributed by atoms with E-state index in [1.165, 1.54) is 77.4 Å². The molecule has 1 aliphatic rings. The Hall–Kier alpha value is -8.48. The van der Waals surface area contributed by atoms with E-state index in [-0.39, 0.29) is 41.4 Å². The van der Waals surface area contributed by atoms with Gasteiger partial charge in [0, 0.05) is 35.0 Å². The summed E-state index contributed by atoms with van der Waals surface area (Å²) in [4.78, 5) is 44.0. The number of alkyl halides is 6. The Labute approximate surface area is 551 Å². The van der Waals surface area contributed by atoms with Crippen LogP contribution in [0.25, 0.3) is 11.1 Å². The van der Waals surface area contributed by atoms with Gasteiger partial charge < -0.3 is 37.9 Å². The number of methoxy groups -OCH3 is 3. The van der Waals surface area contributed by atoms with E-state index in [2.05, 4.69) is 119 Å². The molecular weight excluding hydrogens is 1220 g/mol. The standard InChI is InChI=1S/C16H17F3O4.C14H11F3O2.C13H18O2.C12H18O.C11H14O2.C10H14O/c1-10(20)22-13-6-8-14(9-7-13)23-15(21)11-2-4-12(5-3-11)16(17,18)19;1-18-12-6-2-10(3-7-12)11-4-8-13(9-5-11)19-14(15,16)17;1-4-11-6-12(5-2)8-13(7-11)9-15-10(3)14;1-4-10-6-11(5-2)8-12(7-10)9-13-3;1-3-10-4-6-11(7-5-10)8-13-9(2)12;1-3-9-4-6-10(7-5-9)8-11-2/h2-5,13-14H,6-9H2,1H3;2-9H,1H3;6-8H,4-5,9H2,1-3H3;6-8H,4-5,9H2,1-3H3;4-7H,3,8H2,1-2H3;4-7H,3,8H2,1-2H3. The maximum absolute atomic E-state index is 12.5. The molecule has 0 bridgehead atoms. The summed E-state index contributed by atoms with van der Waals surface area (Å²) >= 11 is 0. The summed E-state index contributed by atoms with van der Waals surface area (Å²) in [5, 5.41) is 0. The van der Waals surface area contributed by atoms with Gasteiger partial charge in [-0.15, -0.1) is 13.2 Å². The molecule has 18 heteroatoms. The van der Waals surface area contributed by atoms with Crippen molar-refractivity contribution in [3.63, 3.8) is 0 Å². The number of carbonyl (C=O) groups is 4. The van der Waals surface area contributed by atoms with Crippen LogP contribution in [0.5, 0.6) is 11.5 Å². The van der Waals surface area contributed by atoms with Gasteiger partial charge in [0.15, 0.2) is 0 Å². The Balaban J connectivity index is 0.000000300. The Morgan fingerprint density at radius 3 is 1.05 bits per heavy atom. The highest BCUT2D eigenvalue weighted by Gasteiger charge is 2.32. The molecule has 1 saturated carbocycles. The van der Waals surface area contributed by atoms with Gasteiger partial charge in [-0.05, 0) is 180 Å². The number of ether oxygens (including phenoxy) is 8. The predicted octanol–water partition coefficient (Wildman–Crippen LogP) is 18.5. The molecule has 0 spiro atoms.